The first-order valence-electron chi connectivity index (χ1n) is 8.48. The summed E-state index contributed by atoms with van der Waals surface area (Å²) in [4.78, 5) is 18.5. The Kier molecular flexibility index (Phi) is 5.25. The minimum atomic E-state index is 0.0233. The van der Waals surface area contributed by atoms with Gasteiger partial charge in [-0.05, 0) is 31.4 Å². The zero-order chi connectivity index (χ0) is 16.9. The van der Waals surface area contributed by atoms with E-state index in [1.807, 2.05) is 0 Å². The lowest BCUT2D eigenvalue weighted by molar-refractivity contribution is -0.121. The van der Waals surface area contributed by atoms with Gasteiger partial charge in [-0.25, -0.2) is 0 Å². The van der Waals surface area contributed by atoms with E-state index >= 15 is 0 Å². The number of aryl methyl sites for hydroxylation is 2. The third-order valence-corrected chi connectivity index (χ3v) is 4.51. The molecule has 0 fully saturated rings. The molecule has 0 saturated carbocycles. The summed E-state index contributed by atoms with van der Waals surface area (Å²) < 4.78 is 5.02. The van der Waals surface area contributed by atoms with E-state index in [1.165, 1.54) is 11.1 Å². The van der Waals surface area contributed by atoms with E-state index in [-0.39, 0.29) is 5.91 Å². The Morgan fingerprint density at radius 3 is 2.92 bits per heavy atom. The third kappa shape index (κ3) is 4.20. The van der Waals surface area contributed by atoms with Crippen LogP contribution in [0.3, 0.4) is 0 Å². The van der Waals surface area contributed by atoms with Gasteiger partial charge < -0.3 is 9.84 Å². The van der Waals surface area contributed by atoms with Crippen LogP contribution in [0.5, 0.6) is 0 Å². The molecule has 0 radical (unpaired) electrons. The van der Waals surface area contributed by atoms with Crippen LogP contribution >= 0.6 is 0 Å². The molecule has 0 bridgehead atoms. The molecule has 1 aliphatic rings. The van der Waals surface area contributed by atoms with Gasteiger partial charge in [-0.2, -0.15) is 4.98 Å². The van der Waals surface area contributed by atoms with E-state index < -0.39 is 0 Å². The number of benzene rings is 1. The predicted molar refractivity (Wildman–Crippen MR) is 90.4 cm³/mol. The smallest absolute Gasteiger partial charge is 0.227 e. The predicted octanol–water partition coefficient (Wildman–Crippen LogP) is 1.87. The number of nitrogens with one attached hydrogen (secondary N) is 1. The van der Waals surface area contributed by atoms with Gasteiger partial charge in [0.1, 0.15) is 0 Å². The van der Waals surface area contributed by atoms with Crippen LogP contribution in [0.2, 0.25) is 0 Å². The van der Waals surface area contributed by atoms with E-state index in [1.54, 1.807) is 6.92 Å². The maximum atomic E-state index is 12.0. The van der Waals surface area contributed by atoms with Gasteiger partial charge in [-0.1, -0.05) is 29.4 Å². The van der Waals surface area contributed by atoms with Crippen LogP contribution in [-0.4, -0.2) is 40.1 Å². The maximum absolute atomic E-state index is 12.0. The molecule has 1 unspecified atom stereocenters. The van der Waals surface area contributed by atoms with Crippen LogP contribution in [0.25, 0.3) is 0 Å². The highest BCUT2D eigenvalue weighted by Gasteiger charge is 2.20. The van der Waals surface area contributed by atoms with Crippen molar-refractivity contribution in [3.63, 3.8) is 0 Å². The molecular weight excluding hydrogens is 304 g/mol. The van der Waals surface area contributed by atoms with Crippen molar-refractivity contribution in [2.75, 3.05) is 13.1 Å². The fraction of sp³-hybridized carbons (Fsp3) is 0.500. The highest BCUT2D eigenvalue weighted by Crippen LogP contribution is 2.19. The Morgan fingerprint density at radius 1 is 1.38 bits per heavy atom. The molecule has 6 nitrogen and oxygen atoms in total. The molecule has 0 spiro atoms. The normalized spacial score (nSPS) is 15.8. The van der Waals surface area contributed by atoms with Crippen molar-refractivity contribution in [2.45, 2.75) is 45.7 Å². The number of hydrogen-bond acceptors (Lipinski definition) is 5. The van der Waals surface area contributed by atoms with Crippen molar-refractivity contribution in [1.82, 2.24) is 20.4 Å². The molecule has 128 valence electrons. The van der Waals surface area contributed by atoms with Gasteiger partial charge in [-0.3, -0.25) is 9.69 Å². The second kappa shape index (κ2) is 7.57. The number of nitrogens with zero attached hydrogens (tertiary/aromatic N) is 3. The summed E-state index contributed by atoms with van der Waals surface area (Å²) in [5.74, 6) is 1.14. The highest BCUT2D eigenvalue weighted by molar-refractivity contribution is 5.76. The van der Waals surface area contributed by atoms with Crippen LogP contribution in [0.4, 0.5) is 0 Å². The SMILES string of the molecule is Cc1noc(CCC(=O)NCC(C)N2CCc3ccccc3C2)n1. The van der Waals surface area contributed by atoms with Crippen LogP contribution < -0.4 is 5.32 Å². The number of carbonyl (C=O) groups is 1. The molecule has 1 aliphatic heterocycles. The number of aromatic nitrogens is 2. The Hall–Kier alpha value is -2.21. The average molecular weight is 328 g/mol. The fourth-order valence-corrected chi connectivity index (χ4v) is 3.03. The summed E-state index contributed by atoms with van der Waals surface area (Å²) in [6.07, 6.45) is 1.93. The van der Waals surface area contributed by atoms with Gasteiger partial charge in [0.2, 0.25) is 11.8 Å². The van der Waals surface area contributed by atoms with Crippen molar-refractivity contribution in [3.05, 3.63) is 47.1 Å². The van der Waals surface area contributed by atoms with Crippen molar-refractivity contribution in [2.24, 2.45) is 0 Å². The molecule has 2 aromatic rings. The molecule has 0 aliphatic carbocycles. The number of amides is 1. The molecule has 24 heavy (non-hydrogen) atoms. The lowest BCUT2D eigenvalue weighted by atomic mass is 9.99. The zero-order valence-electron chi connectivity index (χ0n) is 14.3. The molecule has 1 aromatic carbocycles. The lowest BCUT2D eigenvalue weighted by Crippen LogP contribution is -2.44. The van der Waals surface area contributed by atoms with E-state index in [4.69, 9.17) is 4.52 Å². The van der Waals surface area contributed by atoms with Crippen LogP contribution in [-0.2, 0) is 24.2 Å². The van der Waals surface area contributed by atoms with Crippen LogP contribution in [0.1, 0.15) is 36.2 Å². The largest absolute Gasteiger partial charge is 0.355 e. The maximum Gasteiger partial charge on any atom is 0.227 e. The summed E-state index contributed by atoms with van der Waals surface area (Å²) in [7, 11) is 0. The Balaban J connectivity index is 1.42. The number of fused-ring (bicyclic) bond motifs is 1. The first kappa shape index (κ1) is 16.6. The summed E-state index contributed by atoms with van der Waals surface area (Å²) in [6, 6.07) is 8.90. The van der Waals surface area contributed by atoms with Gasteiger partial charge in [0.25, 0.3) is 0 Å². The van der Waals surface area contributed by atoms with Crippen LogP contribution in [0.15, 0.2) is 28.8 Å². The summed E-state index contributed by atoms with van der Waals surface area (Å²) in [6.45, 7) is 6.58. The minimum absolute atomic E-state index is 0.0233. The summed E-state index contributed by atoms with van der Waals surface area (Å²) >= 11 is 0. The standard InChI is InChI=1S/C18H24N4O2/c1-13(22-10-9-15-5-3-4-6-16(15)12-22)11-19-17(23)7-8-18-20-14(2)21-24-18/h3-6,13H,7-12H2,1-2H3,(H,19,23). The molecule has 0 saturated heterocycles. The Labute approximate surface area is 142 Å². The van der Waals surface area contributed by atoms with E-state index in [0.717, 1.165) is 19.5 Å². The first-order valence-corrected chi connectivity index (χ1v) is 8.48. The first-order chi connectivity index (χ1) is 11.6. The van der Waals surface area contributed by atoms with Gasteiger partial charge in [0.05, 0.1) is 0 Å². The van der Waals surface area contributed by atoms with E-state index in [9.17, 15) is 4.79 Å². The molecule has 1 N–H and O–H groups in total. The van der Waals surface area contributed by atoms with Gasteiger partial charge in [0.15, 0.2) is 5.82 Å². The minimum Gasteiger partial charge on any atom is -0.355 e. The van der Waals surface area contributed by atoms with Gasteiger partial charge in [-0.15, -0.1) is 0 Å². The number of hydrogen-bond donors (Lipinski definition) is 1. The molecule has 1 aromatic heterocycles. The summed E-state index contributed by atoms with van der Waals surface area (Å²) in [5, 5.41) is 6.73. The number of carbonyl (C=O) groups excluding carboxylic acids is 1. The molecular formula is C18H24N4O2. The lowest BCUT2D eigenvalue weighted by Gasteiger charge is -2.33. The molecule has 2 heterocycles. The second-order valence-corrected chi connectivity index (χ2v) is 6.38. The van der Waals surface area contributed by atoms with Crippen molar-refractivity contribution in [3.8, 4) is 0 Å². The Bertz CT molecular complexity index is 698. The quantitative estimate of drug-likeness (QED) is 0.876. The molecule has 1 atom stereocenters. The van der Waals surface area contributed by atoms with E-state index in [2.05, 4.69) is 51.5 Å². The third-order valence-electron chi connectivity index (χ3n) is 4.51. The Morgan fingerprint density at radius 2 is 2.17 bits per heavy atom. The van der Waals surface area contributed by atoms with Crippen LogP contribution in [0, 0.1) is 6.92 Å². The molecule has 6 heteroatoms. The van der Waals surface area contributed by atoms with E-state index in [0.29, 0.717) is 37.1 Å². The number of rotatable bonds is 6. The van der Waals surface area contributed by atoms with Crippen molar-refractivity contribution >= 4 is 5.91 Å². The van der Waals surface area contributed by atoms with Gasteiger partial charge in [0, 0.05) is 38.5 Å². The highest BCUT2D eigenvalue weighted by atomic mass is 16.5. The van der Waals surface area contributed by atoms with Crippen molar-refractivity contribution in [1.29, 1.82) is 0 Å². The second-order valence-electron chi connectivity index (χ2n) is 6.38. The average Bonchev–Trinajstić information content (AvgIpc) is 3.02. The monoisotopic (exact) mass is 328 g/mol. The molecule has 1 amide bonds. The van der Waals surface area contributed by atoms with Gasteiger partial charge >= 0.3 is 0 Å². The topological polar surface area (TPSA) is 71.3 Å². The molecule has 3 rings (SSSR count). The zero-order valence-corrected chi connectivity index (χ0v) is 14.3. The van der Waals surface area contributed by atoms with Crippen molar-refractivity contribution < 1.29 is 9.32 Å². The fourth-order valence-electron chi connectivity index (χ4n) is 3.03. The summed E-state index contributed by atoms with van der Waals surface area (Å²) in [5.41, 5.74) is 2.84.